The Morgan fingerprint density at radius 2 is 1.62 bits per heavy atom. The van der Waals surface area contributed by atoms with E-state index in [0.29, 0.717) is 51.6 Å². The van der Waals surface area contributed by atoms with Crippen molar-refractivity contribution < 1.29 is 33.4 Å². The number of aromatic nitrogens is 2. The van der Waals surface area contributed by atoms with Crippen LogP contribution < -0.4 is 25.0 Å². The molecule has 302 valence electrons. The van der Waals surface area contributed by atoms with E-state index in [9.17, 15) is 24.0 Å². The third-order valence-electron chi connectivity index (χ3n) is 11.9. The van der Waals surface area contributed by atoms with E-state index in [1.165, 1.54) is 0 Å². The lowest BCUT2D eigenvalue weighted by atomic mass is 9.85. The summed E-state index contributed by atoms with van der Waals surface area (Å²) in [6.45, 7) is 6.95. The number of carbonyl (C=O) groups excluding carboxylic acids is 5. The number of hydrogen-bond donors (Lipinski definition) is 2. The van der Waals surface area contributed by atoms with E-state index < -0.39 is 29.7 Å². The van der Waals surface area contributed by atoms with E-state index in [0.717, 1.165) is 63.1 Å². The van der Waals surface area contributed by atoms with E-state index in [4.69, 9.17) is 26.3 Å². The first-order chi connectivity index (χ1) is 27.9. The third-order valence-corrected chi connectivity index (χ3v) is 12.2. The highest BCUT2D eigenvalue weighted by Gasteiger charge is 2.45. The lowest BCUT2D eigenvalue weighted by molar-refractivity contribution is -0.136. The van der Waals surface area contributed by atoms with Gasteiger partial charge in [0.25, 0.3) is 17.7 Å². The minimum atomic E-state index is -1.01. The normalized spacial score (nSPS) is 24.5. The van der Waals surface area contributed by atoms with Crippen molar-refractivity contribution in [2.75, 3.05) is 24.5 Å². The third kappa shape index (κ3) is 8.08. The number of nitrogens with one attached hydrogen (secondary N) is 2. The zero-order chi connectivity index (χ0) is 40.7. The van der Waals surface area contributed by atoms with Gasteiger partial charge in [-0.2, -0.15) is 5.26 Å². The largest absolute Gasteiger partial charge is 0.490 e. The van der Waals surface area contributed by atoms with Gasteiger partial charge in [-0.05, 0) is 76.3 Å². The van der Waals surface area contributed by atoms with Crippen LogP contribution >= 0.6 is 11.6 Å². The molecule has 2 aromatic carbocycles. The zero-order valence-corrected chi connectivity index (χ0v) is 33.1. The molecule has 8 rings (SSSR count). The van der Waals surface area contributed by atoms with Crippen LogP contribution in [0.2, 0.25) is 5.02 Å². The highest BCUT2D eigenvalue weighted by atomic mass is 35.5. The maximum atomic E-state index is 13.2. The number of fused-ring (bicyclic) bond motifs is 1. The Morgan fingerprint density at radius 3 is 2.29 bits per heavy atom. The second-order valence-electron chi connectivity index (χ2n) is 16.2. The summed E-state index contributed by atoms with van der Waals surface area (Å²) in [5, 5.41) is 14.8. The highest BCUT2D eigenvalue weighted by molar-refractivity contribution is 6.31. The molecule has 3 aromatic rings. The molecule has 2 N–H and O–H groups in total. The van der Waals surface area contributed by atoms with Crippen LogP contribution in [0.25, 0.3) is 0 Å². The molecule has 2 saturated carbocycles. The van der Waals surface area contributed by atoms with Gasteiger partial charge in [0.1, 0.15) is 29.7 Å². The van der Waals surface area contributed by atoms with Crippen LogP contribution in [0.1, 0.15) is 102 Å². The average molecular weight is 809 g/mol. The molecule has 4 fully saturated rings. The summed E-state index contributed by atoms with van der Waals surface area (Å²) in [7, 11) is 0. The minimum Gasteiger partial charge on any atom is -0.490 e. The molecule has 2 aliphatic carbocycles. The average Bonchev–Trinajstić information content (AvgIpc) is 3.41. The van der Waals surface area contributed by atoms with Crippen molar-refractivity contribution in [3.05, 3.63) is 76.1 Å². The van der Waals surface area contributed by atoms with Crippen molar-refractivity contribution in [2.45, 2.75) is 102 Å². The van der Waals surface area contributed by atoms with Crippen molar-refractivity contribution in [3.63, 3.8) is 0 Å². The van der Waals surface area contributed by atoms with Gasteiger partial charge < -0.3 is 19.7 Å². The van der Waals surface area contributed by atoms with Gasteiger partial charge in [0.15, 0.2) is 0 Å². The number of amides is 5. The van der Waals surface area contributed by atoms with Crippen molar-refractivity contribution in [1.82, 2.24) is 30.4 Å². The molecular weight excluding hydrogens is 764 g/mol. The van der Waals surface area contributed by atoms with Crippen LogP contribution in [0.15, 0.2) is 48.8 Å². The fraction of sp³-hybridized carbons (Fsp3) is 0.476. The molecule has 2 saturated heterocycles. The zero-order valence-electron chi connectivity index (χ0n) is 32.4. The second-order valence-corrected chi connectivity index (χ2v) is 16.6. The molecule has 0 bridgehead atoms. The Balaban J connectivity index is 0.762. The van der Waals surface area contributed by atoms with E-state index >= 15 is 0 Å². The lowest BCUT2D eigenvalue weighted by Crippen LogP contribution is -2.58. The predicted octanol–water partition coefficient (Wildman–Crippen LogP) is 4.28. The molecule has 4 heterocycles. The predicted molar refractivity (Wildman–Crippen MR) is 210 cm³/mol. The van der Waals surface area contributed by atoms with Crippen LogP contribution in [0.3, 0.4) is 0 Å². The number of anilines is 1. The standard InChI is InChI=1S/C42H45ClN8O7/c1-23(2)50(28-13-32(14-28)58-30-9-10-33-34(15-30)41(56)51(40(33)55)36-11-12-37(52)48-39(36)54)22-24-20-49(21-24)42-45-18-26(19-46-42)38(53)47-27-4-7-29(8-5-27)57-31-6-3-25(17-44)35(43)16-31/h3,6,9-10,15-16,18-19,23-24,27-29,32,36H,4-5,7-8,11-14,20-22H2,1-2H3,(H,47,53)(H,48,52,54)/t27?,28?,29?,32?,36-/m1/s1. The van der Waals surface area contributed by atoms with Crippen LogP contribution in [-0.4, -0.2) is 105 Å². The first-order valence-electron chi connectivity index (χ1n) is 20.0. The van der Waals surface area contributed by atoms with E-state index in [1.807, 2.05) is 6.07 Å². The van der Waals surface area contributed by atoms with Gasteiger partial charge in [0.2, 0.25) is 17.8 Å². The van der Waals surface area contributed by atoms with Crippen LogP contribution in [0.5, 0.6) is 11.5 Å². The maximum Gasteiger partial charge on any atom is 0.262 e. The topological polar surface area (TPSA) is 187 Å². The Kier molecular flexibility index (Phi) is 11.1. The van der Waals surface area contributed by atoms with Gasteiger partial charge in [-0.25, -0.2) is 9.97 Å². The van der Waals surface area contributed by atoms with Crippen molar-refractivity contribution >= 4 is 47.1 Å². The smallest absolute Gasteiger partial charge is 0.262 e. The summed E-state index contributed by atoms with van der Waals surface area (Å²) < 4.78 is 12.3. The van der Waals surface area contributed by atoms with E-state index in [2.05, 4.69) is 44.2 Å². The Hall–Kier alpha value is -5.59. The molecule has 58 heavy (non-hydrogen) atoms. The molecule has 0 radical (unpaired) electrons. The minimum absolute atomic E-state index is 0.0154. The number of hydrogen-bond acceptors (Lipinski definition) is 12. The first-order valence-corrected chi connectivity index (χ1v) is 20.3. The van der Waals surface area contributed by atoms with E-state index in [-0.39, 0.29) is 48.1 Å². The molecule has 5 aliphatic rings. The van der Waals surface area contributed by atoms with Crippen molar-refractivity contribution in [1.29, 1.82) is 5.26 Å². The quantitative estimate of drug-likeness (QED) is 0.248. The number of nitriles is 1. The first kappa shape index (κ1) is 39.2. The van der Waals surface area contributed by atoms with Crippen LogP contribution in [0.4, 0.5) is 5.95 Å². The number of benzene rings is 2. The number of halogens is 1. The molecular formula is C42H45ClN8O7. The summed E-state index contributed by atoms with van der Waals surface area (Å²) in [4.78, 5) is 77.9. The van der Waals surface area contributed by atoms with Gasteiger partial charge in [-0.3, -0.25) is 39.1 Å². The number of ether oxygens (including phenoxy) is 2. The number of carbonyl (C=O) groups is 5. The fourth-order valence-corrected chi connectivity index (χ4v) is 8.81. The van der Waals surface area contributed by atoms with Crippen molar-refractivity contribution in [3.8, 4) is 17.6 Å². The Morgan fingerprint density at radius 1 is 0.948 bits per heavy atom. The molecule has 0 spiro atoms. The summed E-state index contributed by atoms with van der Waals surface area (Å²) in [6.07, 6.45) is 8.14. The molecule has 16 heteroatoms. The Labute approximate surface area is 341 Å². The Bertz CT molecular complexity index is 2160. The molecule has 5 amide bonds. The van der Waals surface area contributed by atoms with Gasteiger partial charge in [-0.15, -0.1) is 0 Å². The van der Waals surface area contributed by atoms with Gasteiger partial charge >= 0.3 is 0 Å². The monoisotopic (exact) mass is 808 g/mol. The highest BCUT2D eigenvalue weighted by Crippen LogP contribution is 2.36. The van der Waals surface area contributed by atoms with E-state index in [1.54, 1.807) is 48.8 Å². The summed E-state index contributed by atoms with van der Waals surface area (Å²) in [6, 6.07) is 11.7. The lowest BCUT2D eigenvalue weighted by Gasteiger charge is -2.48. The molecule has 0 unspecified atom stereocenters. The molecule has 1 aromatic heterocycles. The van der Waals surface area contributed by atoms with Gasteiger partial charge in [0, 0.05) is 81.4 Å². The molecule has 15 nitrogen and oxygen atoms in total. The van der Waals surface area contributed by atoms with Crippen LogP contribution in [-0.2, 0) is 9.59 Å². The number of rotatable bonds is 12. The van der Waals surface area contributed by atoms with Gasteiger partial charge in [0.05, 0.1) is 33.4 Å². The summed E-state index contributed by atoms with van der Waals surface area (Å²) >= 11 is 6.14. The maximum absolute atomic E-state index is 13.2. The van der Waals surface area contributed by atoms with Crippen LogP contribution in [0, 0.1) is 17.2 Å². The number of imide groups is 2. The number of nitrogens with zero attached hydrogens (tertiary/aromatic N) is 6. The summed E-state index contributed by atoms with van der Waals surface area (Å²) in [5.74, 6) is -0.142. The SMILES string of the molecule is CC(C)N(CC1CN(c2ncc(C(=O)NC3CCC(Oc4ccc(C#N)c(Cl)c4)CC3)cn2)C1)C1CC(Oc2ccc3c(c2)C(=O)N([C@@H]2CCC(=O)NC2=O)C3=O)C1. The van der Waals surface area contributed by atoms with Crippen molar-refractivity contribution in [2.24, 2.45) is 5.92 Å². The second kappa shape index (κ2) is 16.3. The molecule has 3 aliphatic heterocycles. The van der Waals surface area contributed by atoms with Gasteiger partial charge in [-0.1, -0.05) is 11.6 Å². The fourth-order valence-electron chi connectivity index (χ4n) is 8.60. The number of piperidine rings is 1. The summed E-state index contributed by atoms with van der Waals surface area (Å²) in [5.41, 5.74) is 1.27. The molecule has 1 atom stereocenters.